The van der Waals surface area contributed by atoms with E-state index in [1.807, 2.05) is 41.5 Å². The highest BCUT2D eigenvalue weighted by molar-refractivity contribution is 4.95. The monoisotopic (exact) mass is 624 g/mol. The molecule has 0 amide bonds. The SMILES string of the molecule is CC(C)C1CC(OCCCCC(OC2CC(C(C)C)N([O])C(C)(C)C2)OC2CC(C(C)C)N([O])C(C)(C)C2)CC(C)(C)N1[O]. The van der Waals surface area contributed by atoms with Crippen LogP contribution in [0.15, 0.2) is 0 Å². The molecule has 3 radical (unpaired) electrons. The highest BCUT2D eigenvalue weighted by Crippen LogP contribution is 2.39. The maximum Gasteiger partial charge on any atom is 0.158 e. The molecule has 0 bridgehead atoms. The zero-order valence-corrected chi connectivity index (χ0v) is 30.1. The van der Waals surface area contributed by atoms with E-state index in [0.29, 0.717) is 32.3 Å². The average molecular weight is 625 g/mol. The lowest BCUT2D eigenvalue weighted by Crippen LogP contribution is -2.58. The topological polar surface area (TPSA) is 97.1 Å². The molecule has 3 saturated heterocycles. The van der Waals surface area contributed by atoms with Gasteiger partial charge in [0.25, 0.3) is 0 Å². The molecular weight excluding hydrogens is 558 g/mol. The van der Waals surface area contributed by atoms with Gasteiger partial charge >= 0.3 is 0 Å². The van der Waals surface area contributed by atoms with Crippen LogP contribution in [0.3, 0.4) is 0 Å². The summed E-state index contributed by atoms with van der Waals surface area (Å²) in [7, 11) is 0. The molecule has 3 rings (SSSR count). The first-order chi connectivity index (χ1) is 20.2. The van der Waals surface area contributed by atoms with Gasteiger partial charge in [0, 0.05) is 41.3 Å². The van der Waals surface area contributed by atoms with Crippen LogP contribution >= 0.6 is 0 Å². The van der Waals surface area contributed by atoms with Crippen LogP contribution < -0.4 is 0 Å². The fourth-order valence-corrected chi connectivity index (χ4v) is 7.86. The molecule has 6 unspecified atom stereocenters. The number of hydrogen-bond acceptors (Lipinski definition) is 6. The largest absolute Gasteiger partial charge is 0.378 e. The van der Waals surface area contributed by atoms with Gasteiger partial charge in [-0.2, -0.15) is 0 Å². The Morgan fingerprint density at radius 1 is 0.568 bits per heavy atom. The van der Waals surface area contributed by atoms with Crippen LogP contribution in [-0.2, 0) is 29.8 Å². The van der Waals surface area contributed by atoms with Crippen molar-refractivity contribution in [2.75, 3.05) is 6.61 Å². The summed E-state index contributed by atoms with van der Waals surface area (Å²) in [6, 6.07) is -0.204. The maximum absolute atomic E-state index is 13.1. The number of unbranched alkanes of at least 4 members (excludes halogenated alkanes) is 1. The van der Waals surface area contributed by atoms with E-state index in [9.17, 15) is 15.6 Å². The standard InChI is InChI=1S/C35H66N3O6/c1-23(2)29-17-26(20-33(7,8)36(29)39)42-16-14-13-15-32(43-27-18-30(24(3)4)37(40)34(9,10)21-27)44-28-19-31(25(5)6)38(41)35(11,12)22-28/h23-32H,13-22H2,1-12H3. The Morgan fingerprint density at radius 2 is 0.909 bits per heavy atom. The minimum absolute atomic E-state index is 0.0196. The molecule has 0 aliphatic carbocycles. The van der Waals surface area contributed by atoms with E-state index in [2.05, 4.69) is 41.5 Å². The van der Waals surface area contributed by atoms with Crippen molar-refractivity contribution in [1.82, 2.24) is 15.2 Å². The number of hydroxylamine groups is 6. The molecule has 9 heteroatoms. The minimum atomic E-state index is -0.504. The van der Waals surface area contributed by atoms with Crippen molar-refractivity contribution in [3.8, 4) is 0 Å². The van der Waals surface area contributed by atoms with Gasteiger partial charge in [0.15, 0.2) is 6.29 Å². The van der Waals surface area contributed by atoms with Crippen LogP contribution in [0.1, 0.15) is 141 Å². The van der Waals surface area contributed by atoms with Gasteiger partial charge in [-0.1, -0.05) is 41.5 Å². The van der Waals surface area contributed by atoms with Crippen molar-refractivity contribution in [3.05, 3.63) is 0 Å². The van der Waals surface area contributed by atoms with Gasteiger partial charge in [-0.05, 0) is 117 Å². The molecular formula is C35H66N3O6. The molecule has 0 aromatic rings. The molecule has 0 N–H and O–H groups in total. The number of ether oxygens (including phenoxy) is 3. The van der Waals surface area contributed by atoms with Gasteiger partial charge in [0.2, 0.25) is 0 Å². The maximum atomic E-state index is 13.1. The second-order valence-corrected chi connectivity index (χ2v) is 17.1. The normalized spacial score (nSPS) is 34.2. The van der Waals surface area contributed by atoms with Crippen molar-refractivity contribution < 1.29 is 29.8 Å². The van der Waals surface area contributed by atoms with E-state index in [1.54, 1.807) is 0 Å². The summed E-state index contributed by atoms with van der Waals surface area (Å²) in [5.41, 5.74) is -1.43. The third-order valence-electron chi connectivity index (χ3n) is 10.6. The summed E-state index contributed by atoms with van der Waals surface area (Å²) in [6.07, 6.45) is 6.28. The van der Waals surface area contributed by atoms with Gasteiger partial charge in [0.1, 0.15) is 0 Å². The molecule has 3 aliphatic heterocycles. The fourth-order valence-electron chi connectivity index (χ4n) is 7.86. The van der Waals surface area contributed by atoms with Crippen LogP contribution in [-0.4, -0.2) is 81.1 Å². The van der Waals surface area contributed by atoms with E-state index in [4.69, 9.17) is 14.2 Å². The van der Waals surface area contributed by atoms with Crippen LogP contribution in [0.5, 0.6) is 0 Å². The Bertz CT molecular complexity index is 837. The van der Waals surface area contributed by atoms with Crippen molar-refractivity contribution in [1.29, 1.82) is 0 Å². The van der Waals surface area contributed by atoms with Gasteiger partial charge < -0.3 is 14.2 Å². The number of rotatable bonds is 13. The Kier molecular flexibility index (Phi) is 13.2. The number of nitrogens with zero attached hydrogens (tertiary/aromatic N) is 3. The van der Waals surface area contributed by atoms with E-state index in [0.717, 1.165) is 32.1 Å². The molecule has 6 atom stereocenters. The average Bonchev–Trinajstić information content (AvgIpc) is 2.88. The quantitative estimate of drug-likeness (QED) is 0.157. The minimum Gasteiger partial charge on any atom is -0.378 e. The lowest BCUT2D eigenvalue weighted by Gasteiger charge is -2.48. The highest BCUT2D eigenvalue weighted by atomic mass is 16.7. The first kappa shape index (κ1) is 38.1. The molecule has 3 fully saturated rings. The van der Waals surface area contributed by atoms with Gasteiger partial charge in [-0.15, -0.1) is 30.8 Å². The van der Waals surface area contributed by atoms with Crippen LogP contribution in [0.4, 0.5) is 0 Å². The Labute approximate surface area is 269 Å². The molecule has 3 heterocycles. The lowest BCUT2D eigenvalue weighted by atomic mass is 9.82. The molecule has 0 aromatic carbocycles. The Morgan fingerprint density at radius 3 is 1.27 bits per heavy atom. The van der Waals surface area contributed by atoms with Gasteiger partial charge in [0.05, 0.1) is 18.3 Å². The Hall–Kier alpha value is -0.360. The highest BCUT2D eigenvalue weighted by Gasteiger charge is 2.46. The van der Waals surface area contributed by atoms with Crippen molar-refractivity contribution in [2.24, 2.45) is 17.8 Å². The second-order valence-electron chi connectivity index (χ2n) is 17.1. The lowest BCUT2D eigenvalue weighted by molar-refractivity contribution is -0.310. The summed E-state index contributed by atoms with van der Waals surface area (Å²) < 4.78 is 19.9. The van der Waals surface area contributed by atoms with E-state index in [1.165, 1.54) is 15.2 Å². The van der Waals surface area contributed by atoms with Gasteiger partial charge in [-0.3, -0.25) is 0 Å². The Balaban J connectivity index is 1.64. The smallest absolute Gasteiger partial charge is 0.158 e. The first-order valence-electron chi connectivity index (χ1n) is 17.6. The molecule has 9 nitrogen and oxygen atoms in total. The van der Waals surface area contributed by atoms with Crippen LogP contribution in [0.2, 0.25) is 0 Å². The van der Waals surface area contributed by atoms with Crippen LogP contribution in [0, 0.1) is 17.8 Å². The first-order valence-corrected chi connectivity index (χ1v) is 17.6. The zero-order chi connectivity index (χ0) is 33.2. The summed E-state index contributed by atoms with van der Waals surface area (Å²) >= 11 is 0. The molecule has 0 aromatic heterocycles. The van der Waals surface area contributed by atoms with Gasteiger partial charge in [-0.25, -0.2) is 0 Å². The second kappa shape index (κ2) is 15.2. The van der Waals surface area contributed by atoms with E-state index >= 15 is 0 Å². The summed E-state index contributed by atoms with van der Waals surface area (Å²) in [5, 5.41) is 42.9. The number of hydrogen-bond donors (Lipinski definition) is 0. The molecule has 0 spiro atoms. The third-order valence-corrected chi connectivity index (χ3v) is 10.6. The van der Waals surface area contributed by atoms with E-state index < -0.39 is 22.9 Å². The predicted molar refractivity (Wildman–Crippen MR) is 171 cm³/mol. The predicted octanol–water partition coefficient (Wildman–Crippen LogP) is 7.37. The molecule has 257 valence electrons. The fraction of sp³-hybridized carbons (Fsp3) is 1.00. The molecule has 44 heavy (non-hydrogen) atoms. The molecule has 0 saturated carbocycles. The van der Waals surface area contributed by atoms with Crippen LogP contribution in [0.25, 0.3) is 0 Å². The third kappa shape index (κ3) is 9.60. The van der Waals surface area contributed by atoms with E-state index in [-0.39, 0.29) is 54.2 Å². The van der Waals surface area contributed by atoms with Crippen molar-refractivity contribution >= 4 is 0 Å². The summed E-state index contributed by atoms with van der Waals surface area (Å²) in [4.78, 5) is 0. The van der Waals surface area contributed by atoms with Crippen molar-refractivity contribution in [3.63, 3.8) is 0 Å². The summed E-state index contributed by atoms with van der Waals surface area (Å²) in [5.74, 6) is 0.755. The zero-order valence-electron chi connectivity index (χ0n) is 30.1. The molecule has 3 aliphatic rings. The van der Waals surface area contributed by atoms with Crippen molar-refractivity contribution in [2.45, 2.75) is 200 Å². The summed E-state index contributed by atoms with van der Waals surface area (Å²) in [6.45, 7) is 25.4. The number of piperidine rings is 3.